The lowest BCUT2D eigenvalue weighted by atomic mass is 9.90. The lowest BCUT2D eigenvalue weighted by molar-refractivity contribution is 0.214. The Balaban J connectivity index is 0.00000147. The topological polar surface area (TPSA) is 52.7 Å². The second-order valence-electron chi connectivity index (χ2n) is 6.15. The fraction of sp³-hybridized carbons (Fsp3) is 1.00. The van der Waals surface area contributed by atoms with Crippen molar-refractivity contribution in [2.75, 3.05) is 39.3 Å². The van der Waals surface area contributed by atoms with Crippen LogP contribution in [0.1, 0.15) is 32.1 Å². The highest BCUT2D eigenvalue weighted by Gasteiger charge is 2.39. The summed E-state index contributed by atoms with van der Waals surface area (Å²) >= 11 is 0. The van der Waals surface area contributed by atoms with Crippen LogP contribution in [0.2, 0.25) is 0 Å². The van der Waals surface area contributed by atoms with E-state index >= 15 is 0 Å². The molecule has 1 N–H and O–H groups in total. The first kappa shape index (κ1) is 16.5. The summed E-state index contributed by atoms with van der Waals surface area (Å²) in [6.45, 7) is 4.91. The number of hydrogen-bond acceptors (Lipinski definition) is 3. The number of fused-ring (bicyclic) bond motifs is 1. The van der Waals surface area contributed by atoms with Crippen LogP contribution < -0.4 is 5.32 Å². The highest BCUT2D eigenvalue weighted by Crippen LogP contribution is 2.29. The first-order chi connectivity index (χ1) is 9.18. The molecule has 0 aliphatic carbocycles. The summed E-state index contributed by atoms with van der Waals surface area (Å²) in [5.41, 5.74) is 0. The molecule has 0 aromatic rings. The van der Waals surface area contributed by atoms with Gasteiger partial charge in [-0.15, -0.1) is 12.4 Å². The van der Waals surface area contributed by atoms with Gasteiger partial charge in [-0.2, -0.15) is 17.0 Å². The van der Waals surface area contributed by atoms with Crippen LogP contribution in [0.4, 0.5) is 0 Å². The third kappa shape index (κ3) is 3.30. The van der Waals surface area contributed by atoms with Gasteiger partial charge >= 0.3 is 0 Å². The highest BCUT2D eigenvalue weighted by atomic mass is 35.5. The maximum Gasteiger partial charge on any atom is 0.281 e. The first-order valence-electron chi connectivity index (χ1n) is 7.64. The van der Waals surface area contributed by atoms with Crippen molar-refractivity contribution in [3.63, 3.8) is 0 Å². The van der Waals surface area contributed by atoms with Crippen molar-refractivity contribution in [1.29, 1.82) is 0 Å². The van der Waals surface area contributed by atoms with Gasteiger partial charge in [0.05, 0.1) is 0 Å². The molecule has 0 amide bonds. The summed E-state index contributed by atoms with van der Waals surface area (Å²) in [6, 6.07) is 0. The van der Waals surface area contributed by atoms with Crippen molar-refractivity contribution in [2.24, 2.45) is 11.8 Å². The number of piperidine rings is 1. The van der Waals surface area contributed by atoms with Crippen molar-refractivity contribution >= 4 is 22.6 Å². The minimum Gasteiger partial charge on any atom is -0.316 e. The van der Waals surface area contributed by atoms with Crippen LogP contribution in [0.5, 0.6) is 0 Å². The summed E-state index contributed by atoms with van der Waals surface area (Å²) in [4.78, 5) is 0. The first-order valence-corrected chi connectivity index (χ1v) is 9.03. The Morgan fingerprint density at radius 2 is 1.50 bits per heavy atom. The standard InChI is InChI=1S/C13H25N3O2S.ClH/c17-19(18,15-6-3-1-2-4-7-15)16-8-5-12-9-14-10-13(12)11-16;/h12-14H,1-11H2;1H. The van der Waals surface area contributed by atoms with Crippen LogP contribution >= 0.6 is 12.4 Å². The second kappa shape index (κ2) is 6.92. The lowest BCUT2D eigenvalue weighted by Gasteiger charge is -2.36. The Bertz CT molecular complexity index is 410. The van der Waals surface area contributed by atoms with Crippen molar-refractivity contribution in [3.8, 4) is 0 Å². The smallest absolute Gasteiger partial charge is 0.281 e. The summed E-state index contributed by atoms with van der Waals surface area (Å²) in [5.74, 6) is 1.21. The maximum atomic E-state index is 12.7. The van der Waals surface area contributed by atoms with E-state index in [-0.39, 0.29) is 12.4 Å². The third-order valence-electron chi connectivity index (χ3n) is 4.88. The molecule has 118 valence electrons. The summed E-state index contributed by atoms with van der Waals surface area (Å²) in [7, 11) is -3.21. The molecular weight excluding hydrogens is 298 g/mol. The Morgan fingerprint density at radius 1 is 0.850 bits per heavy atom. The van der Waals surface area contributed by atoms with E-state index in [4.69, 9.17) is 0 Å². The summed E-state index contributed by atoms with van der Waals surface area (Å²) in [6.07, 6.45) is 5.38. The molecule has 0 aromatic heterocycles. The van der Waals surface area contributed by atoms with Gasteiger partial charge < -0.3 is 5.32 Å². The normalized spacial score (nSPS) is 33.2. The maximum absolute atomic E-state index is 12.7. The van der Waals surface area contributed by atoms with E-state index in [0.29, 0.717) is 31.5 Å². The predicted molar refractivity (Wildman–Crippen MR) is 82.2 cm³/mol. The monoisotopic (exact) mass is 323 g/mol. The van der Waals surface area contributed by atoms with Crippen LogP contribution in [-0.2, 0) is 10.2 Å². The van der Waals surface area contributed by atoms with Crippen LogP contribution in [-0.4, -0.2) is 56.3 Å². The van der Waals surface area contributed by atoms with Gasteiger partial charge in [0.1, 0.15) is 0 Å². The molecule has 3 rings (SSSR count). The van der Waals surface area contributed by atoms with Gasteiger partial charge in [-0.1, -0.05) is 12.8 Å². The fourth-order valence-electron chi connectivity index (χ4n) is 3.65. The Kier molecular flexibility index (Phi) is 5.71. The third-order valence-corrected chi connectivity index (χ3v) is 6.89. The summed E-state index contributed by atoms with van der Waals surface area (Å²) in [5, 5.41) is 3.39. The molecule has 7 heteroatoms. The van der Waals surface area contributed by atoms with Gasteiger partial charge in [-0.25, -0.2) is 0 Å². The van der Waals surface area contributed by atoms with E-state index in [9.17, 15) is 8.42 Å². The van der Waals surface area contributed by atoms with E-state index in [2.05, 4.69) is 5.32 Å². The van der Waals surface area contributed by atoms with Crippen molar-refractivity contribution < 1.29 is 8.42 Å². The molecule has 20 heavy (non-hydrogen) atoms. The van der Waals surface area contributed by atoms with Crippen molar-refractivity contribution in [3.05, 3.63) is 0 Å². The molecule has 0 aromatic carbocycles. The van der Waals surface area contributed by atoms with E-state index in [1.165, 1.54) is 12.8 Å². The highest BCUT2D eigenvalue weighted by molar-refractivity contribution is 7.86. The number of rotatable bonds is 2. The minimum absolute atomic E-state index is 0. The van der Waals surface area contributed by atoms with Gasteiger partial charge in [0.2, 0.25) is 0 Å². The molecule has 0 saturated carbocycles. The van der Waals surface area contributed by atoms with Crippen LogP contribution in [0.15, 0.2) is 0 Å². The van der Waals surface area contributed by atoms with Gasteiger partial charge in [0, 0.05) is 26.2 Å². The Labute approximate surface area is 128 Å². The fourth-order valence-corrected chi connectivity index (χ4v) is 5.41. The molecule has 5 nitrogen and oxygen atoms in total. The largest absolute Gasteiger partial charge is 0.316 e. The molecule has 2 unspecified atom stereocenters. The number of nitrogens with zero attached hydrogens (tertiary/aromatic N) is 2. The van der Waals surface area contributed by atoms with Gasteiger partial charge in [0.25, 0.3) is 10.2 Å². The molecule has 3 heterocycles. The molecule has 3 aliphatic rings. The van der Waals surface area contributed by atoms with Crippen LogP contribution in [0.3, 0.4) is 0 Å². The minimum atomic E-state index is -3.21. The Hall–Kier alpha value is 0.120. The molecule has 0 bridgehead atoms. The van der Waals surface area contributed by atoms with E-state index in [0.717, 1.165) is 38.9 Å². The molecule has 0 spiro atoms. The molecule has 0 radical (unpaired) electrons. The summed E-state index contributed by atoms with van der Waals surface area (Å²) < 4.78 is 28.9. The Morgan fingerprint density at radius 3 is 2.20 bits per heavy atom. The zero-order valence-corrected chi connectivity index (χ0v) is 13.6. The average molecular weight is 324 g/mol. The van der Waals surface area contributed by atoms with Crippen molar-refractivity contribution in [1.82, 2.24) is 13.9 Å². The predicted octanol–water partition coefficient (Wildman–Crippen LogP) is 1.07. The lowest BCUT2D eigenvalue weighted by Crippen LogP contribution is -2.50. The number of halogens is 1. The van der Waals surface area contributed by atoms with Gasteiger partial charge in [0.15, 0.2) is 0 Å². The van der Waals surface area contributed by atoms with E-state index in [1.54, 1.807) is 8.61 Å². The molecular formula is C13H26ClN3O2S. The van der Waals surface area contributed by atoms with Crippen LogP contribution in [0.25, 0.3) is 0 Å². The molecule has 3 aliphatic heterocycles. The molecule has 3 fully saturated rings. The number of hydrogen-bond donors (Lipinski definition) is 1. The van der Waals surface area contributed by atoms with Crippen LogP contribution in [0, 0.1) is 11.8 Å². The van der Waals surface area contributed by atoms with E-state index < -0.39 is 10.2 Å². The van der Waals surface area contributed by atoms with Crippen molar-refractivity contribution in [2.45, 2.75) is 32.1 Å². The van der Waals surface area contributed by atoms with E-state index in [1.807, 2.05) is 0 Å². The zero-order valence-electron chi connectivity index (χ0n) is 12.0. The second-order valence-corrected chi connectivity index (χ2v) is 8.07. The SMILES string of the molecule is Cl.O=S(=O)(N1CCCCCC1)N1CCC2CNCC2C1. The zero-order chi connectivity index (χ0) is 13.3. The number of nitrogens with one attached hydrogen (secondary N) is 1. The van der Waals surface area contributed by atoms with Gasteiger partial charge in [-0.05, 0) is 44.2 Å². The average Bonchev–Trinajstić information content (AvgIpc) is 2.69. The molecule has 3 saturated heterocycles. The van der Waals surface area contributed by atoms with Gasteiger partial charge in [-0.3, -0.25) is 0 Å². The quantitative estimate of drug-likeness (QED) is 0.827. The molecule has 2 atom stereocenters.